The van der Waals surface area contributed by atoms with E-state index in [4.69, 9.17) is 0 Å². The molecule has 2 amide bonds. The first-order valence-corrected chi connectivity index (χ1v) is 8.88. The Kier molecular flexibility index (Phi) is 4.97. The van der Waals surface area contributed by atoms with E-state index in [1.807, 2.05) is 36.1 Å². The van der Waals surface area contributed by atoms with Crippen molar-refractivity contribution in [3.63, 3.8) is 0 Å². The Balaban J connectivity index is 1.85. The second-order valence-corrected chi connectivity index (χ2v) is 6.65. The molecule has 1 atom stereocenters. The van der Waals surface area contributed by atoms with E-state index >= 15 is 0 Å². The molecule has 5 heteroatoms. The van der Waals surface area contributed by atoms with Crippen LogP contribution in [0.5, 0.6) is 0 Å². The van der Waals surface area contributed by atoms with Gasteiger partial charge in [0.05, 0.1) is 5.69 Å². The second kappa shape index (κ2) is 7.16. The molecule has 0 radical (unpaired) electrons. The van der Waals surface area contributed by atoms with Crippen LogP contribution in [0, 0.1) is 6.92 Å². The van der Waals surface area contributed by atoms with Gasteiger partial charge in [0.1, 0.15) is 5.71 Å². The van der Waals surface area contributed by atoms with Crippen molar-refractivity contribution in [3.8, 4) is 0 Å². The topological polar surface area (TPSA) is 53.0 Å². The minimum atomic E-state index is -0.0529. The maximum Gasteiger partial charge on any atom is 0.270 e. The Hall–Kier alpha value is -2.17. The van der Waals surface area contributed by atoms with Crippen molar-refractivity contribution >= 4 is 23.2 Å². The molecule has 0 spiro atoms. The zero-order chi connectivity index (χ0) is 17.1. The Morgan fingerprint density at radius 1 is 1.29 bits per heavy atom. The molecule has 24 heavy (non-hydrogen) atoms. The summed E-state index contributed by atoms with van der Waals surface area (Å²) in [6.07, 6.45) is 5.05. The molecular formula is C19H25N3O2. The highest BCUT2D eigenvalue weighted by atomic mass is 16.2. The van der Waals surface area contributed by atoms with Crippen LogP contribution in [0.15, 0.2) is 29.4 Å². The number of hydrogen-bond acceptors (Lipinski definition) is 3. The van der Waals surface area contributed by atoms with Gasteiger partial charge in [0.25, 0.3) is 5.91 Å². The third-order valence-corrected chi connectivity index (χ3v) is 4.88. The van der Waals surface area contributed by atoms with E-state index in [0.717, 1.165) is 37.1 Å². The fraction of sp³-hybridized carbons (Fsp3) is 0.526. The minimum absolute atomic E-state index is 0.00621. The van der Waals surface area contributed by atoms with Gasteiger partial charge in [-0.25, -0.2) is 5.01 Å². The number of nitrogens with zero attached hydrogens (tertiary/aromatic N) is 3. The zero-order valence-electron chi connectivity index (χ0n) is 14.5. The number of piperidine rings is 1. The second-order valence-electron chi connectivity index (χ2n) is 6.65. The number of hydrazone groups is 1. The molecule has 0 aromatic heterocycles. The molecule has 2 aliphatic rings. The van der Waals surface area contributed by atoms with Crippen LogP contribution in [-0.4, -0.2) is 35.0 Å². The Morgan fingerprint density at radius 3 is 2.88 bits per heavy atom. The predicted molar refractivity (Wildman–Crippen MR) is 95.0 cm³/mol. The van der Waals surface area contributed by atoms with Gasteiger partial charge in [-0.15, -0.1) is 0 Å². The van der Waals surface area contributed by atoms with Crippen LogP contribution >= 0.6 is 0 Å². The lowest BCUT2D eigenvalue weighted by Crippen LogP contribution is -2.48. The number of anilines is 1. The first-order valence-electron chi connectivity index (χ1n) is 8.88. The van der Waals surface area contributed by atoms with Gasteiger partial charge in [-0.3, -0.25) is 9.59 Å². The summed E-state index contributed by atoms with van der Waals surface area (Å²) < 4.78 is 0. The van der Waals surface area contributed by atoms with Gasteiger partial charge < -0.3 is 4.90 Å². The van der Waals surface area contributed by atoms with Crippen LogP contribution in [0.3, 0.4) is 0 Å². The van der Waals surface area contributed by atoms with Crippen LogP contribution in [0.1, 0.15) is 51.0 Å². The average molecular weight is 327 g/mol. The molecule has 1 aromatic rings. The summed E-state index contributed by atoms with van der Waals surface area (Å²) >= 11 is 0. The van der Waals surface area contributed by atoms with Crippen LogP contribution < -0.4 is 5.01 Å². The molecule has 1 aromatic carbocycles. The van der Waals surface area contributed by atoms with E-state index in [0.29, 0.717) is 24.6 Å². The molecule has 1 fully saturated rings. The third-order valence-electron chi connectivity index (χ3n) is 4.88. The van der Waals surface area contributed by atoms with Crippen molar-refractivity contribution in [3.05, 3.63) is 29.8 Å². The molecule has 0 N–H and O–H groups in total. The number of carbonyl (C=O) groups excluding carboxylic acids is 2. The van der Waals surface area contributed by atoms with Crippen molar-refractivity contribution in [2.75, 3.05) is 11.6 Å². The van der Waals surface area contributed by atoms with Crippen molar-refractivity contribution in [2.45, 2.75) is 58.4 Å². The number of amides is 2. The molecular weight excluding hydrogens is 302 g/mol. The molecule has 1 saturated heterocycles. The van der Waals surface area contributed by atoms with E-state index in [1.54, 1.807) is 0 Å². The minimum Gasteiger partial charge on any atom is -0.335 e. The number of aryl methyl sites for hydroxylation is 1. The molecule has 3 rings (SSSR count). The predicted octanol–water partition coefficient (Wildman–Crippen LogP) is 3.27. The lowest BCUT2D eigenvalue weighted by Gasteiger charge is -2.36. The summed E-state index contributed by atoms with van der Waals surface area (Å²) in [5.41, 5.74) is 2.31. The molecule has 0 bridgehead atoms. The molecule has 0 unspecified atom stereocenters. The van der Waals surface area contributed by atoms with E-state index in [2.05, 4.69) is 12.0 Å². The number of likely N-dealkylation sites (tertiary alicyclic amines) is 1. The van der Waals surface area contributed by atoms with Gasteiger partial charge in [-0.05, 0) is 50.3 Å². The van der Waals surface area contributed by atoms with Crippen molar-refractivity contribution in [1.29, 1.82) is 0 Å². The quantitative estimate of drug-likeness (QED) is 0.855. The Labute approximate surface area is 143 Å². The largest absolute Gasteiger partial charge is 0.335 e. The molecule has 5 nitrogen and oxygen atoms in total. The highest BCUT2D eigenvalue weighted by Gasteiger charge is 2.32. The lowest BCUT2D eigenvalue weighted by molar-refractivity contribution is -0.127. The summed E-state index contributed by atoms with van der Waals surface area (Å²) in [7, 11) is 0. The van der Waals surface area contributed by atoms with Crippen LogP contribution in [0.2, 0.25) is 0 Å². The van der Waals surface area contributed by atoms with Gasteiger partial charge in [0.15, 0.2) is 0 Å². The summed E-state index contributed by atoms with van der Waals surface area (Å²) in [6.45, 7) is 4.91. The standard InChI is InChI=1S/C19H25N3O2/c1-3-15-8-4-5-12-21(15)19(24)17-10-11-18(23)22(20-17)16-9-6-7-14(2)13-16/h6-7,9,13,15H,3-5,8,10-12H2,1-2H3/t15-/m1/s1. The summed E-state index contributed by atoms with van der Waals surface area (Å²) in [5, 5.41) is 5.82. The maximum atomic E-state index is 12.9. The normalized spacial score (nSPS) is 21.7. The molecule has 2 aliphatic heterocycles. The maximum absolute atomic E-state index is 12.9. The van der Waals surface area contributed by atoms with E-state index in [1.165, 1.54) is 11.4 Å². The number of rotatable bonds is 3. The molecule has 2 heterocycles. The monoisotopic (exact) mass is 327 g/mol. The molecule has 0 saturated carbocycles. The number of carbonyl (C=O) groups is 2. The van der Waals surface area contributed by atoms with E-state index in [9.17, 15) is 9.59 Å². The fourth-order valence-electron chi connectivity index (χ4n) is 3.53. The van der Waals surface area contributed by atoms with E-state index < -0.39 is 0 Å². The summed E-state index contributed by atoms with van der Waals surface area (Å²) in [4.78, 5) is 27.2. The zero-order valence-corrected chi connectivity index (χ0v) is 14.5. The van der Waals surface area contributed by atoms with E-state index in [-0.39, 0.29) is 11.8 Å². The van der Waals surface area contributed by atoms with Crippen LogP contribution in [0.25, 0.3) is 0 Å². The first-order chi connectivity index (χ1) is 11.6. The number of benzene rings is 1. The van der Waals surface area contributed by atoms with Crippen molar-refractivity contribution < 1.29 is 9.59 Å². The highest BCUT2D eigenvalue weighted by Crippen LogP contribution is 2.24. The third kappa shape index (κ3) is 3.35. The Bertz CT molecular complexity index is 668. The fourth-order valence-corrected chi connectivity index (χ4v) is 3.53. The summed E-state index contributed by atoms with van der Waals surface area (Å²) in [5.74, 6) is -0.0467. The molecule has 0 aliphatic carbocycles. The first kappa shape index (κ1) is 16.7. The SMILES string of the molecule is CC[C@@H]1CCCCN1C(=O)C1=NN(c2cccc(C)c2)C(=O)CC1. The van der Waals surface area contributed by atoms with Crippen LogP contribution in [-0.2, 0) is 9.59 Å². The van der Waals surface area contributed by atoms with Gasteiger partial charge in [0.2, 0.25) is 5.91 Å². The van der Waals surface area contributed by atoms with Gasteiger partial charge >= 0.3 is 0 Å². The summed E-state index contributed by atoms with van der Waals surface area (Å²) in [6, 6.07) is 7.97. The van der Waals surface area contributed by atoms with Gasteiger partial charge in [0, 0.05) is 25.4 Å². The van der Waals surface area contributed by atoms with Crippen molar-refractivity contribution in [1.82, 2.24) is 4.90 Å². The Morgan fingerprint density at radius 2 is 2.12 bits per heavy atom. The number of hydrogen-bond donors (Lipinski definition) is 0. The van der Waals surface area contributed by atoms with Crippen LogP contribution in [0.4, 0.5) is 5.69 Å². The van der Waals surface area contributed by atoms with Crippen molar-refractivity contribution in [2.24, 2.45) is 5.10 Å². The average Bonchev–Trinajstić information content (AvgIpc) is 2.61. The lowest BCUT2D eigenvalue weighted by atomic mass is 9.98. The van der Waals surface area contributed by atoms with Gasteiger partial charge in [-0.2, -0.15) is 5.10 Å². The van der Waals surface area contributed by atoms with Gasteiger partial charge in [-0.1, -0.05) is 19.1 Å². The molecule has 128 valence electrons. The smallest absolute Gasteiger partial charge is 0.270 e. The highest BCUT2D eigenvalue weighted by molar-refractivity contribution is 6.40.